The molecule has 0 aliphatic rings. The van der Waals surface area contributed by atoms with E-state index in [4.69, 9.17) is 0 Å². The number of aromatic nitrogens is 2. The molecule has 0 aliphatic heterocycles. The van der Waals surface area contributed by atoms with E-state index in [1.54, 1.807) is 31.3 Å². The van der Waals surface area contributed by atoms with Crippen LogP contribution >= 0.6 is 0 Å². The molecule has 0 aliphatic carbocycles. The summed E-state index contributed by atoms with van der Waals surface area (Å²) in [6.07, 6.45) is 0. The van der Waals surface area contributed by atoms with Crippen molar-refractivity contribution in [3.05, 3.63) is 58.9 Å². The van der Waals surface area contributed by atoms with Crippen LogP contribution in [-0.4, -0.2) is 13.8 Å². The summed E-state index contributed by atoms with van der Waals surface area (Å²) in [6.45, 7) is 0. The second-order valence-electron chi connectivity index (χ2n) is 4.98. The van der Waals surface area contributed by atoms with Crippen LogP contribution in [-0.2, 0) is 23.6 Å². The van der Waals surface area contributed by atoms with Crippen LogP contribution in [0, 0.1) is 29.1 Å². The van der Waals surface area contributed by atoms with Crippen molar-refractivity contribution in [3.63, 3.8) is 0 Å². The Hall–Kier alpha value is -2.29. The standard InChI is InChI=1S/C15H9F5N2OS/c1-22-9-5-3-2-4-8(9)21-15(22)24(23)6-7-10(16)12(18)14(20)13(19)11(7)17/h2-5H,6H2,1H3. The highest BCUT2D eigenvalue weighted by atomic mass is 32.2. The first kappa shape index (κ1) is 16.6. The summed E-state index contributed by atoms with van der Waals surface area (Å²) >= 11 is 0. The first-order valence-electron chi connectivity index (χ1n) is 6.63. The van der Waals surface area contributed by atoms with Crippen molar-refractivity contribution in [2.45, 2.75) is 10.9 Å². The third-order valence-electron chi connectivity index (χ3n) is 3.53. The van der Waals surface area contributed by atoms with Crippen molar-refractivity contribution in [3.8, 4) is 0 Å². The largest absolute Gasteiger partial charge is 0.320 e. The Morgan fingerprint density at radius 3 is 2.08 bits per heavy atom. The minimum Gasteiger partial charge on any atom is -0.320 e. The zero-order chi connectivity index (χ0) is 17.6. The number of imidazole rings is 1. The molecule has 2 aromatic carbocycles. The van der Waals surface area contributed by atoms with Crippen molar-refractivity contribution in [1.82, 2.24) is 9.55 Å². The average Bonchev–Trinajstić information content (AvgIpc) is 2.92. The maximum atomic E-state index is 13.7. The summed E-state index contributed by atoms with van der Waals surface area (Å²) in [4.78, 5) is 4.09. The van der Waals surface area contributed by atoms with Gasteiger partial charge < -0.3 is 4.57 Å². The van der Waals surface area contributed by atoms with E-state index >= 15 is 0 Å². The third-order valence-corrected chi connectivity index (χ3v) is 4.85. The zero-order valence-electron chi connectivity index (χ0n) is 12.1. The lowest BCUT2D eigenvalue weighted by Gasteiger charge is -2.08. The number of para-hydroxylation sites is 2. The predicted octanol–water partition coefficient (Wildman–Crippen LogP) is 3.58. The Morgan fingerprint density at radius 2 is 1.50 bits per heavy atom. The molecule has 3 rings (SSSR count). The van der Waals surface area contributed by atoms with E-state index in [2.05, 4.69) is 4.98 Å². The Balaban J connectivity index is 2.05. The van der Waals surface area contributed by atoms with Gasteiger partial charge in [-0.3, -0.25) is 4.21 Å². The zero-order valence-corrected chi connectivity index (χ0v) is 12.9. The van der Waals surface area contributed by atoms with Gasteiger partial charge in [0.15, 0.2) is 28.4 Å². The monoisotopic (exact) mass is 360 g/mol. The van der Waals surface area contributed by atoms with E-state index in [0.717, 1.165) is 0 Å². The number of benzene rings is 2. The molecular formula is C15H9F5N2OS. The van der Waals surface area contributed by atoms with Gasteiger partial charge in [0.25, 0.3) is 0 Å². The number of hydrogen-bond acceptors (Lipinski definition) is 2. The van der Waals surface area contributed by atoms with Crippen molar-refractivity contribution >= 4 is 21.8 Å². The Kier molecular flexibility index (Phi) is 4.12. The summed E-state index contributed by atoms with van der Waals surface area (Å²) in [5.74, 6) is -11.2. The van der Waals surface area contributed by atoms with Crippen LogP contribution in [0.25, 0.3) is 11.0 Å². The summed E-state index contributed by atoms with van der Waals surface area (Å²) in [7, 11) is -0.563. The number of fused-ring (bicyclic) bond motifs is 1. The summed E-state index contributed by atoms with van der Waals surface area (Å²) < 4.78 is 80.7. The average molecular weight is 360 g/mol. The number of aryl methyl sites for hydroxylation is 1. The Morgan fingerprint density at radius 1 is 0.958 bits per heavy atom. The highest BCUT2D eigenvalue weighted by molar-refractivity contribution is 7.84. The minimum atomic E-state index is -2.25. The molecule has 3 nitrogen and oxygen atoms in total. The lowest BCUT2D eigenvalue weighted by molar-refractivity contribution is 0.372. The number of halogens is 5. The lowest BCUT2D eigenvalue weighted by atomic mass is 10.2. The first-order valence-corrected chi connectivity index (χ1v) is 7.95. The van der Waals surface area contributed by atoms with E-state index in [1.165, 1.54) is 4.57 Å². The molecule has 0 bridgehead atoms. The van der Waals surface area contributed by atoms with Crippen LogP contribution in [0.1, 0.15) is 5.56 Å². The number of nitrogens with zero attached hydrogens (tertiary/aromatic N) is 2. The number of hydrogen-bond donors (Lipinski definition) is 0. The topological polar surface area (TPSA) is 34.9 Å². The first-order chi connectivity index (χ1) is 11.3. The molecule has 24 heavy (non-hydrogen) atoms. The second-order valence-corrected chi connectivity index (χ2v) is 6.33. The summed E-state index contributed by atoms with van der Waals surface area (Å²) in [6, 6.07) is 6.77. The summed E-state index contributed by atoms with van der Waals surface area (Å²) in [5, 5.41) is -0.0276. The van der Waals surface area contributed by atoms with Crippen molar-refractivity contribution < 1.29 is 26.2 Å². The van der Waals surface area contributed by atoms with Gasteiger partial charge >= 0.3 is 0 Å². The molecule has 126 valence electrons. The maximum Gasteiger partial charge on any atom is 0.200 e. The van der Waals surface area contributed by atoms with Gasteiger partial charge in [-0.1, -0.05) is 12.1 Å². The Bertz CT molecular complexity index is 957. The van der Waals surface area contributed by atoms with Crippen LogP contribution in [0.2, 0.25) is 0 Å². The van der Waals surface area contributed by atoms with Gasteiger partial charge in [0.2, 0.25) is 5.82 Å². The minimum absolute atomic E-state index is 0.0276. The Labute approximate surface area is 135 Å². The lowest BCUT2D eigenvalue weighted by Crippen LogP contribution is -2.11. The van der Waals surface area contributed by atoms with Gasteiger partial charge in [-0.15, -0.1) is 0 Å². The molecule has 0 radical (unpaired) electrons. The molecule has 3 aromatic rings. The molecular weight excluding hydrogens is 351 g/mol. The molecule has 0 saturated carbocycles. The number of rotatable bonds is 3. The molecule has 0 amide bonds. The molecule has 1 atom stereocenters. The molecule has 1 aromatic heterocycles. The molecule has 0 N–H and O–H groups in total. The van der Waals surface area contributed by atoms with Crippen molar-refractivity contribution in [2.24, 2.45) is 7.05 Å². The van der Waals surface area contributed by atoms with Crippen molar-refractivity contribution in [1.29, 1.82) is 0 Å². The highest BCUT2D eigenvalue weighted by Gasteiger charge is 2.27. The van der Waals surface area contributed by atoms with Gasteiger partial charge in [0.05, 0.1) is 27.6 Å². The van der Waals surface area contributed by atoms with E-state index in [0.29, 0.717) is 11.0 Å². The van der Waals surface area contributed by atoms with E-state index in [-0.39, 0.29) is 5.16 Å². The van der Waals surface area contributed by atoms with Gasteiger partial charge in [-0.05, 0) is 12.1 Å². The molecule has 0 spiro atoms. The molecule has 0 fully saturated rings. The quantitative estimate of drug-likeness (QED) is 0.407. The molecule has 9 heteroatoms. The summed E-state index contributed by atoms with van der Waals surface area (Å²) in [5.41, 5.74) is -0.00388. The maximum absolute atomic E-state index is 13.7. The van der Waals surface area contributed by atoms with Crippen LogP contribution in [0.15, 0.2) is 29.4 Å². The van der Waals surface area contributed by atoms with Gasteiger partial charge in [-0.2, -0.15) is 0 Å². The van der Waals surface area contributed by atoms with Crippen LogP contribution in [0.4, 0.5) is 22.0 Å². The normalized spacial score (nSPS) is 12.8. The van der Waals surface area contributed by atoms with E-state index in [9.17, 15) is 26.2 Å². The van der Waals surface area contributed by atoms with Crippen LogP contribution in [0.5, 0.6) is 0 Å². The fourth-order valence-corrected chi connectivity index (χ4v) is 3.55. The smallest absolute Gasteiger partial charge is 0.200 e. The molecule has 1 heterocycles. The second kappa shape index (κ2) is 5.97. The molecule has 1 unspecified atom stereocenters. The van der Waals surface area contributed by atoms with E-state index in [1.807, 2.05) is 0 Å². The van der Waals surface area contributed by atoms with Crippen LogP contribution in [0.3, 0.4) is 0 Å². The van der Waals surface area contributed by atoms with Crippen LogP contribution < -0.4 is 0 Å². The molecule has 0 saturated heterocycles. The van der Waals surface area contributed by atoms with Crippen molar-refractivity contribution in [2.75, 3.05) is 0 Å². The third kappa shape index (κ3) is 2.48. The fraction of sp³-hybridized carbons (Fsp3) is 0.133. The SMILES string of the molecule is Cn1c(S(=O)Cc2c(F)c(F)c(F)c(F)c2F)nc2ccccc21. The van der Waals surface area contributed by atoms with Gasteiger partial charge in [0, 0.05) is 12.6 Å². The highest BCUT2D eigenvalue weighted by Crippen LogP contribution is 2.26. The fourth-order valence-electron chi connectivity index (χ4n) is 2.30. The van der Waals surface area contributed by atoms with Gasteiger partial charge in [0.1, 0.15) is 0 Å². The van der Waals surface area contributed by atoms with Gasteiger partial charge in [-0.25, -0.2) is 26.9 Å². The van der Waals surface area contributed by atoms with E-state index < -0.39 is 51.2 Å². The predicted molar refractivity (Wildman–Crippen MR) is 77.1 cm³/mol.